The third-order valence-corrected chi connectivity index (χ3v) is 3.30. The smallest absolute Gasteiger partial charge is 0.371 e. The molecule has 0 bridgehead atoms. The highest BCUT2D eigenvalue weighted by Crippen LogP contribution is 2.18. The topological polar surface area (TPSA) is 81.2 Å². The van der Waals surface area contributed by atoms with Gasteiger partial charge in [0.05, 0.1) is 6.54 Å². The lowest BCUT2D eigenvalue weighted by molar-refractivity contribution is 0.0660. The van der Waals surface area contributed by atoms with Crippen molar-refractivity contribution < 1.29 is 14.3 Å². The van der Waals surface area contributed by atoms with Gasteiger partial charge in [-0.2, -0.15) is 0 Å². The van der Waals surface area contributed by atoms with Crippen molar-refractivity contribution in [3.63, 3.8) is 0 Å². The highest BCUT2D eigenvalue weighted by molar-refractivity contribution is 5.84. The van der Waals surface area contributed by atoms with E-state index in [1.807, 2.05) is 24.5 Å². The third-order valence-electron chi connectivity index (χ3n) is 3.30. The van der Waals surface area contributed by atoms with Gasteiger partial charge in [0.25, 0.3) is 0 Å². The fourth-order valence-corrected chi connectivity index (χ4v) is 2.33. The van der Waals surface area contributed by atoms with Gasteiger partial charge in [-0.1, -0.05) is 6.92 Å². The molecule has 0 radical (unpaired) electrons. The molecule has 3 aromatic rings. The second-order valence-corrected chi connectivity index (χ2v) is 4.89. The maximum atomic E-state index is 10.9. The maximum absolute atomic E-state index is 10.9. The van der Waals surface area contributed by atoms with Crippen LogP contribution in [-0.4, -0.2) is 25.6 Å². The quantitative estimate of drug-likeness (QED) is 0.797. The molecule has 3 heterocycles. The largest absolute Gasteiger partial charge is 0.475 e. The summed E-state index contributed by atoms with van der Waals surface area (Å²) in [6.45, 7) is 4.42. The van der Waals surface area contributed by atoms with Gasteiger partial charge in [-0.3, -0.25) is 0 Å². The molecular weight excluding hydrogens is 270 g/mol. The average molecular weight is 285 g/mol. The van der Waals surface area contributed by atoms with Gasteiger partial charge in [0.1, 0.15) is 17.1 Å². The number of carboxylic acid groups (broad SMARTS) is 1. The minimum atomic E-state index is -1.07. The first-order valence-electron chi connectivity index (χ1n) is 6.72. The monoisotopic (exact) mass is 285 g/mol. The minimum absolute atomic E-state index is 0.0590. The highest BCUT2D eigenvalue weighted by atomic mass is 16.4. The average Bonchev–Trinajstić information content (AvgIpc) is 3.04. The number of imidazole rings is 1. The van der Waals surface area contributed by atoms with Crippen LogP contribution in [0.4, 0.5) is 0 Å². The first-order chi connectivity index (χ1) is 10.1. The number of carbonyl (C=O) groups is 1. The van der Waals surface area contributed by atoms with Gasteiger partial charge in [0.15, 0.2) is 5.65 Å². The molecule has 21 heavy (non-hydrogen) atoms. The molecule has 6 nitrogen and oxygen atoms in total. The first-order valence-corrected chi connectivity index (χ1v) is 6.72. The fraction of sp³-hybridized carbons (Fsp3) is 0.267. The van der Waals surface area contributed by atoms with E-state index in [1.165, 1.54) is 6.07 Å². The van der Waals surface area contributed by atoms with Crippen LogP contribution < -0.4 is 0 Å². The van der Waals surface area contributed by atoms with E-state index >= 15 is 0 Å². The van der Waals surface area contributed by atoms with Crippen molar-refractivity contribution in [2.24, 2.45) is 0 Å². The van der Waals surface area contributed by atoms with E-state index in [1.54, 1.807) is 12.3 Å². The van der Waals surface area contributed by atoms with Crippen LogP contribution >= 0.6 is 0 Å². The number of rotatable bonds is 4. The predicted molar refractivity (Wildman–Crippen MR) is 76.4 cm³/mol. The Kier molecular flexibility index (Phi) is 3.21. The zero-order valence-corrected chi connectivity index (χ0v) is 11.8. The summed E-state index contributed by atoms with van der Waals surface area (Å²) in [5, 5.41) is 8.90. The Morgan fingerprint density at radius 3 is 2.90 bits per heavy atom. The lowest BCUT2D eigenvalue weighted by atomic mass is 10.3. The summed E-state index contributed by atoms with van der Waals surface area (Å²) in [7, 11) is 0. The molecule has 0 saturated carbocycles. The molecule has 6 heteroatoms. The number of pyridine rings is 1. The lowest BCUT2D eigenvalue weighted by Gasteiger charge is -2.05. The van der Waals surface area contributed by atoms with Gasteiger partial charge < -0.3 is 14.1 Å². The van der Waals surface area contributed by atoms with Crippen LogP contribution in [0.25, 0.3) is 11.2 Å². The molecular formula is C15H15N3O3. The van der Waals surface area contributed by atoms with E-state index in [0.717, 1.165) is 29.0 Å². The molecule has 0 aliphatic heterocycles. The van der Waals surface area contributed by atoms with Crippen LogP contribution in [0, 0.1) is 6.92 Å². The van der Waals surface area contributed by atoms with Crippen LogP contribution in [0.2, 0.25) is 0 Å². The van der Waals surface area contributed by atoms with Gasteiger partial charge in [-0.15, -0.1) is 0 Å². The van der Waals surface area contributed by atoms with Crippen molar-refractivity contribution in [1.82, 2.24) is 14.5 Å². The molecule has 0 atom stereocenters. The van der Waals surface area contributed by atoms with Crippen molar-refractivity contribution >= 4 is 17.1 Å². The first kappa shape index (κ1) is 13.4. The Morgan fingerprint density at radius 1 is 1.43 bits per heavy atom. The van der Waals surface area contributed by atoms with E-state index in [0.29, 0.717) is 12.3 Å². The Labute approximate surface area is 121 Å². The molecule has 0 amide bonds. The molecule has 0 unspecified atom stereocenters. The summed E-state index contributed by atoms with van der Waals surface area (Å²) in [4.78, 5) is 19.9. The molecule has 0 saturated heterocycles. The molecule has 3 aromatic heterocycles. The van der Waals surface area contributed by atoms with Gasteiger partial charge in [-0.05, 0) is 30.7 Å². The van der Waals surface area contributed by atoms with E-state index in [4.69, 9.17) is 9.52 Å². The van der Waals surface area contributed by atoms with Crippen LogP contribution in [0.1, 0.15) is 34.6 Å². The van der Waals surface area contributed by atoms with Crippen LogP contribution in [0.15, 0.2) is 28.8 Å². The Balaban J connectivity index is 2.04. The summed E-state index contributed by atoms with van der Waals surface area (Å²) in [5.74, 6) is 0.345. The maximum Gasteiger partial charge on any atom is 0.371 e. The molecule has 0 fully saturated rings. The summed E-state index contributed by atoms with van der Waals surface area (Å²) < 4.78 is 7.27. The van der Waals surface area contributed by atoms with Crippen LogP contribution in [0.5, 0.6) is 0 Å². The summed E-state index contributed by atoms with van der Waals surface area (Å²) in [6.07, 6.45) is 2.56. The van der Waals surface area contributed by atoms with E-state index in [9.17, 15) is 4.79 Å². The third kappa shape index (κ3) is 2.40. The molecule has 0 aliphatic rings. The van der Waals surface area contributed by atoms with Gasteiger partial charge in [0, 0.05) is 12.6 Å². The van der Waals surface area contributed by atoms with E-state index in [2.05, 4.69) is 9.97 Å². The molecule has 0 spiro atoms. The second-order valence-electron chi connectivity index (χ2n) is 4.89. The number of aryl methyl sites for hydroxylation is 2. The standard InChI is InChI=1S/C15H15N3O3/c1-3-13-17-11-6-9(2)7-16-14(11)18(13)8-10-4-5-12(21-10)15(19)20/h4-7H,3,8H2,1-2H3,(H,19,20). The number of hydrogen-bond acceptors (Lipinski definition) is 4. The minimum Gasteiger partial charge on any atom is -0.475 e. The molecule has 1 N–H and O–H groups in total. The van der Waals surface area contributed by atoms with Crippen molar-refractivity contribution in [2.45, 2.75) is 26.8 Å². The summed E-state index contributed by atoms with van der Waals surface area (Å²) >= 11 is 0. The number of furan rings is 1. The number of hydrogen-bond donors (Lipinski definition) is 1. The Bertz CT molecular complexity index is 817. The summed E-state index contributed by atoms with van der Waals surface area (Å²) in [5.41, 5.74) is 2.68. The number of aromatic carboxylic acids is 1. The number of fused-ring (bicyclic) bond motifs is 1. The van der Waals surface area contributed by atoms with E-state index < -0.39 is 5.97 Å². The number of aromatic nitrogens is 3. The fourth-order valence-electron chi connectivity index (χ4n) is 2.33. The Morgan fingerprint density at radius 2 is 2.24 bits per heavy atom. The molecule has 108 valence electrons. The zero-order chi connectivity index (χ0) is 15.0. The van der Waals surface area contributed by atoms with Gasteiger partial charge >= 0.3 is 5.97 Å². The van der Waals surface area contributed by atoms with Crippen LogP contribution in [-0.2, 0) is 13.0 Å². The predicted octanol–water partition coefficient (Wildman–Crippen LogP) is 2.64. The normalized spacial score (nSPS) is 11.1. The SMILES string of the molecule is CCc1nc2cc(C)cnc2n1Cc1ccc(C(=O)O)o1. The van der Waals surface area contributed by atoms with Gasteiger partial charge in [0.2, 0.25) is 5.76 Å². The Hall–Kier alpha value is -2.63. The molecule has 3 rings (SSSR count). The number of carboxylic acids is 1. The van der Waals surface area contributed by atoms with Crippen molar-refractivity contribution in [1.29, 1.82) is 0 Å². The zero-order valence-electron chi connectivity index (χ0n) is 11.8. The molecule has 0 aromatic carbocycles. The summed E-state index contributed by atoms with van der Waals surface area (Å²) in [6, 6.07) is 5.12. The highest BCUT2D eigenvalue weighted by Gasteiger charge is 2.14. The van der Waals surface area contributed by atoms with Crippen molar-refractivity contribution in [3.8, 4) is 0 Å². The van der Waals surface area contributed by atoms with E-state index in [-0.39, 0.29) is 5.76 Å². The van der Waals surface area contributed by atoms with Crippen LogP contribution in [0.3, 0.4) is 0 Å². The molecule has 0 aliphatic carbocycles. The van der Waals surface area contributed by atoms with Gasteiger partial charge in [-0.25, -0.2) is 14.8 Å². The van der Waals surface area contributed by atoms with Crippen molar-refractivity contribution in [2.75, 3.05) is 0 Å². The number of nitrogens with zero attached hydrogens (tertiary/aromatic N) is 3. The second kappa shape index (κ2) is 5.05. The lowest BCUT2D eigenvalue weighted by Crippen LogP contribution is -2.04. The van der Waals surface area contributed by atoms with Crippen molar-refractivity contribution in [3.05, 3.63) is 47.3 Å².